The fourth-order valence-corrected chi connectivity index (χ4v) is 4.16. The normalized spacial score (nSPS) is 14.2. The van der Waals surface area contributed by atoms with Crippen molar-refractivity contribution in [1.29, 1.82) is 0 Å². The molecule has 0 bridgehead atoms. The molecule has 6 heteroatoms. The van der Waals surface area contributed by atoms with Crippen molar-refractivity contribution in [3.63, 3.8) is 0 Å². The number of aryl methyl sites for hydroxylation is 6. The molecule has 2 atom stereocenters. The summed E-state index contributed by atoms with van der Waals surface area (Å²) in [7, 11) is 11.7. The first kappa shape index (κ1) is 29.9. The first-order valence-electron chi connectivity index (χ1n) is 11.2. The molecule has 2 rings (SSSR count). The summed E-state index contributed by atoms with van der Waals surface area (Å²) in [5.41, 5.74) is 11.9. The second-order valence-electron chi connectivity index (χ2n) is 9.07. The van der Waals surface area contributed by atoms with Crippen molar-refractivity contribution in [3.05, 3.63) is 57.6 Å². The SMILES string of the molecule is CC(=Nc1c(C)cc(C)cc1C)C(C)N(C)C(C)C(C)=Nc1c(C)cc(C)cc1C.[Cl][Fe][Cl]. The number of benzene rings is 2. The van der Waals surface area contributed by atoms with Crippen molar-refractivity contribution in [1.82, 2.24) is 4.90 Å². The Morgan fingerprint density at radius 1 is 0.697 bits per heavy atom. The van der Waals surface area contributed by atoms with Crippen LogP contribution < -0.4 is 0 Å². The van der Waals surface area contributed by atoms with Gasteiger partial charge in [-0.15, -0.1) is 0 Å². The molecule has 0 aliphatic carbocycles. The summed E-state index contributed by atoms with van der Waals surface area (Å²) in [5.74, 6) is 0. The molecule has 0 saturated carbocycles. The number of rotatable bonds is 6. The maximum atomic E-state index is 5.02. The monoisotopic (exact) mass is 531 g/mol. The summed E-state index contributed by atoms with van der Waals surface area (Å²) in [5, 5.41) is 0. The van der Waals surface area contributed by atoms with Gasteiger partial charge < -0.3 is 0 Å². The Balaban J connectivity index is 0.00000172. The van der Waals surface area contributed by atoms with Crippen molar-refractivity contribution in [2.24, 2.45) is 9.98 Å². The van der Waals surface area contributed by atoms with E-state index in [1.807, 2.05) is 0 Å². The third-order valence-electron chi connectivity index (χ3n) is 6.28. The molecule has 184 valence electrons. The molecule has 0 radical (unpaired) electrons. The van der Waals surface area contributed by atoms with E-state index in [4.69, 9.17) is 30.2 Å². The van der Waals surface area contributed by atoms with Crippen LogP contribution in [0.15, 0.2) is 34.3 Å². The van der Waals surface area contributed by atoms with Gasteiger partial charge in [-0.25, -0.2) is 0 Å². The van der Waals surface area contributed by atoms with E-state index in [1.165, 1.54) is 33.4 Å². The van der Waals surface area contributed by atoms with Gasteiger partial charge in [-0.3, -0.25) is 14.9 Å². The number of halogens is 2. The third kappa shape index (κ3) is 8.53. The molecule has 0 aliphatic rings. The Labute approximate surface area is 216 Å². The summed E-state index contributed by atoms with van der Waals surface area (Å²) in [4.78, 5) is 12.4. The minimum atomic E-state index is 0.194. The van der Waals surface area contributed by atoms with Crippen molar-refractivity contribution >= 4 is 43.0 Å². The first-order valence-corrected chi connectivity index (χ1v) is 14.2. The van der Waals surface area contributed by atoms with Crippen LogP contribution in [0.3, 0.4) is 0 Å². The average Bonchev–Trinajstić information content (AvgIpc) is 2.71. The van der Waals surface area contributed by atoms with E-state index in [2.05, 4.69) is 105 Å². The molecule has 0 amide bonds. The van der Waals surface area contributed by atoms with Crippen LogP contribution in [-0.2, 0) is 13.1 Å². The molecule has 2 unspecified atom stereocenters. The van der Waals surface area contributed by atoms with Gasteiger partial charge in [-0.05, 0) is 98.5 Å². The molecule has 0 aliphatic heterocycles. The molecule has 0 heterocycles. The van der Waals surface area contributed by atoms with Gasteiger partial charge >= 0.3 is 33.3 Å². The Hall–Kier alpha value is -1.16. The van der Waals surface area contributed by atoms with Crippen LogP contribution in [0, 0.1) is 41.5 Å². The second kappa shape index (κ2) is 13.7. The zero-order chi connectivity index (χ0) is 25.5. The molecule has 0 saturated heterocycles. The molecule has 2 aromatic carbocycles. The molecule has 2 aromatic rings. The van der Waals surface area contributed by atoms with Crippen LogP contribution in [-0.4, -0.2) is 35.5 Å². The van der Waals surface area contributed by atoms with Gasteiger partial charge in [0, 0.05) is 23.5 Å². The summed E-state index contributed by atoms with van der Waals surface area (Å²) >= 11 is 0.194. The average molecular weight is 532 g/mol. The van der Waals surface area contributed by atoms with Crippen molar-refractivity contribution < 1.29 is 13.1 Å². The van der Waals surface area contributed by atoms with Crippen molar-refractivity contribution in [2.75, 3.05) is 7.05 Å². The van der Waals surface area contributed by atoms with Gasteiger partial charge in [0.15, 0.2) is 0 Å². The molecule has 0 fully saturated rings. The van der Waals surface area contributed by atoms with Crippen molar-refractivity contribution in [3.8, 4) is 0 Å². The number of aliphatic imine (C=N–C) groups is 2. The van der Waals surface area contributed by atoms with Gasteiger partial charge in [0.1, 0.15) is 0 Å². The molecular formula is C27H39Cl2FeN3. The van der Waals surface area contributed by atoms with Gasteiger partial charge in [0.05, 0.1) is 11.4 Å². The van der Waals surface area contributed by atoms with Gasteiger partial charge in [-0.1, -0.05) is 35.4 Å². The van der Waals surface area contributed by atoms with Crippen LogP contribution in [0.5, 0.6) is 0 Å². The maximum absolute atomic E-state index is 5.02. The van der Waals surface area contributed by atoms with E-state index in [1.54, 1.807) is 0 Å². The Morgan fingerprint density at radius 2 is 0.939 bits per heavy atom. The summed E-state index contributed by atoms with van der Waals surface area (Å²) in [6.45, 7) is 21.6. The standard InChI is InChI=1S/C27H39N3.2ClH.Fe/c1-16-12-18(3)26(19(4)13-16)28-22(7)24(9)30(11)25(10)23(8)29-27-20(5)14-17(2)15-21(27)6;;;/h12-15,24-25H,1-11H3;2*1H;/q;;;+2/p-2. The summed E-state index contributed by atoms with van der Waals surface area (Å²) < 4.78 is 0. The zero-order valence-corrected chi connectivity index (χ0v) is 24.5. The molecule has 3 nitrogen and oxygen atoms in total. The summed E-state index contributed by atoms with van der Waals surface area (Å²) in [6.07, 6.45) is 0. The van der Waals surface area contributed by atoms with E-state index in [0.717, 1.165) is 22.8 Å². The Kier molecular flexibility index (Phi) is 12.4. The molecule has 33 heavy (non-hydrogen) atoms. The van der Waals surface area contributed by atoms with Crippen LogP contribution >= 0.6 is 20.2 Å². The van der Waals surface area contributed by atoms with E-state index >= 15 is 0 Å². The molecular weight excluding hydrogens is 493 g/mol. The number of hydrogen-bond donors (Lipinski definition) is 0. The van der Waals surface area contributed by atoms with Crippen LogP contribution in [0.25, 0.3) is 0 Å². The van der Waals surface area contributed by atoms with Gasteiger partial charge in [0.2, 0.25) is 0 Å². The van der Waals surface area contributed by atoms with E-state index < -0.39 is 0 Å². The minimum absolute atomic E-state index is 0.194. The molecule has 0 aromatic heterocycles. The third-order valence-corrected chi connectivity index (χ3v) is 6.28. The number of hydrogen-bond acceptors (Lipinski definition) is 3. The first-order chi connectivity index (χ1) is 15.3. The fourth-order valence-electron chi connectivity index (χ4n) is 4.16. The van der Waals surface area contributed by atoms with Gasteiger partial charge in [0.25, 0.3) is 0 Å². The quantitative estimate of drug-likeness (QED) is 0.271. The van der Waals surface area contributed by atoms with Crippen LogP contribution in [0.4, 0.5) is 11.4 Å². The predicted molar refractivity (Wildman–Crippen MR) is 145 cm³/mol. The van der Waals surface area contributed by atoms with E-state index in [0.29, 0.717) is 0 Å². The van der Waals surface area contributed by atoms with E-state index in [-0.39, 0.29) is 25.2 Å². The molecule has 0 spiro atoms. The van der Waals surface area contributed by atoms with Crippen molar-refractivity contribution in [2.45, 2.75) is 81.3 Å². The Bertz CT molecular complexity index is 889. The predicted octanol–water partition coefficient (Wildman–Crippen LogP) is 8.51. The number of nitrogens with zero attached hydrogens (tertiary/aromatic N) is 3. The zero-order valence-electron chi connectivity index (χ0n) is 21.9. The second-order valence-corrected chi connectivity index (χ2v) is 10.9. The van der Waals surface area contributed by atoms with E-state index in [9.17, 15) is 0 Å². The summed E-state index contributed by atoms with van der Waals surface area (Å²) in [6, 6.07) is 9.26. The molecule has 0 N–H and O–H groups in total. The van der Waals surface area contributed by atoms with Crippen LogP contribution in [0.1, 0.15) is 61.1 Å². The topological polar surface area (TPSA) is 28.0 Å². The Morgan fingerprint density at radius 3 is 1.18 bits per heavy atom. The fraction of sp³-hybridized carbons (Fsp3) is 0.481. The van der Waals surface area contributed by atoms with Gasteiger partial charge in [-0.2, -0.15) is 0 Å². The van der Waals surface area contributed by atoms with Crippen LogP contribution in [0.2, 0.25) is 0 Å².